The van der Waals surface area contributed by atoms with Crippen LogP contribution in [0.3, 0.4) is 0 Å². The monoisotopic (exact) mass is 739 g/mol. The molecule has 0 atom stereocenters. The standard InChI is InChI=1S/C38H35F6N5O4/c1-24-18-27(38(42,43)44)7-12-31(24)35(50)46(2)28-8-13-34(45-21-28)53-30-11-6-26-19-33(47(3)32(26)20-30)36(51)49-16-14-48(15-17-49)22-25-4-9-29(10-5-25)52-23-37(39,40)41/h4-13,18-21H,14-17,22-23H2,1-3H3. The zero-order valence-electron chi connectivity index (χ0n) is 29.0. The van der Waals surface area contributed by atoms with Gasteiger partial charge in [0.05, 0.1) is 23.0 Å². The quantitative estimate of drug-likeness (QED) is 0.143. The number of nitrogens with zero attached hydrogens (tertiary/aromatic N) is 5. The van der Waals surface area contributed by atoms with Crippen LogP contribution in [-0.4, -0.2) is 77.2 Å². The molecule has 0 aliphatic carbocycles. The molecule has 5 aromatic rings. The summed E-state index contributed by atoms with van der Waals surface area (Å²) in [5.74, 6) is 0.264. The van der Waals surface area contributed by atoms with Crippen LogP contribution in [0.1, 0.15) is 37.5 Å². The molecular formula is C38H35F6N5O4. The molecule has 0 N–H and O–H groups in total. The first-order chi connectivity index (χ1) is 25.1. The normalized spacial score (nSPS) is 14.0. The lowest BCUT2D eigenvalue weighted by Gasteiger charge is -2.34. The van der Waals surface area contributed by atoms with Crippen LogP contribution < -0.4 is 14.4 Å². The number of fused-ring (bicyclic) bond motifs is 1. The molecule has 1 saturated heterocycles. The van der Waals surface area contributed by atoms with E-state index in [9.17, 15) is 35.9 Å². The van der Waals surface area contributed by atoms with E-state index in [4.69, 9.17) is 9.47 Å². The van der Waals surface area contributed by atoms with Gasteiger partial charge in [-0.15, -0.1) is 0 Å². The number of alkyl halides is 6. The minimum atomic E-state index is -4.51. The number of amides is 2. The second-order valence-electron chi connectivity index (χ2n) is 12.8. The Morgan fingerprint density at radius 2 is 1.55 bits per heavy atom. The highest BCUT2D eigenvalue weighted by molar-refractivity contribution is 6.06. The van der Waals surface area contributed by atoms with Crippen molar-refractivity contribution in [2.75, 3.05) is 44.7 Å². The smallest absolute Gasteiger partial charge is 0.422 e. The zero-order valence-corrected chi connectivity index (χ0v) is 29.0. The van der Waals surface area contributed by atoms with Crippen LogP contribution in [0.15, 0.2) is 85.1 Å². The summed E-state index contributed by atoms with van der Waals surface area (Å²) >= 11 is 0. The predicted octanol–water partition coefficient (Wildman–Crippen LogP) is 7.87. The van der Waals surface area contributed by atoms with Crippen molar-refractivity contribution >= 4 is 28.4 Å². The van der Waals surface area contributed by atoms with Crippen LogP contribution in [0.25, 0.3) is 10.9 Å². The molecule has 9 nitrogen and oxygen atoms in total. The minimum absolute atomic E-state index is 0.112. The van der Waals surface area contributed by atoms with E-state index in [1.165, 1.54) is 43.3 Å². The van der Waals surface area contributed by atoms with Crippen molar-refractivity contribution in [3.63, 3.8) is 0 Å². The number of aromatic nitrogens is 2. The lowest BCUT2D eigenvalue weighted by atomic mass is 10.0. The number of aryl methyl sites for hydroxylation is 2. The minimum Gasteiger partial charge on any atom is -0.484 e. The molecule has 0 radical (unpaired) electrons. The van der Waals surface area contributed by atoms with Gasteiger partial charge in [-0.05, 0) is 72.6 Å². The van der Waals surface area contributed by atoms with E-state index in [0.29, 0.717) is 49.9 Å². The maximum Gasteiger partial charge on any atom is 0.422 e. The fourth-order valence-corrected chi connectivity index (χ4v) is 6.09. The van der Waals surface area contributed by atoms with Gasteiger partial charge in [-0.25, -0.2) is 4.98 Å². The first-order valence-corrected chi connectivity index (χ1v) is 16.5. The van der Waals surface area contributed by atoms with E-state index >= 15 is 0 Å². The van der Waals surface area contributed by atoms with Crippen molar-refractivity contribution in [1.29, 1.82) is 0 Å². The first-order valence-electron chi connectivity index (χ1n) is 16.5. The maximum atomic E-state index is 13.6. The lowest BCUT2D eigenvalue weighted by molar-refractivity contribution is -0.153. The van der Waals surface area contributed by atoms with Crippen molar-refractivity contribution in [2.24, 2.45) is 7.05 Å². The first kappa shape index (κ1) is 37.2. The highest BCUT2D eigenvalue weighted by Gasteiger charge is 2.32. The van der Waals surface area contributed by atoms with E-state index in [1.807, 2.05) is 12.1 Å². The Balaban J connectivity index is 1.05. The summed E-state index contributed by atoms with van der Waals surface area (Å²) in [5, 5.41) is 0.839. The third-order valence-corrected chi connectivity index (χ3v) is 9.05. The average Bonchev–Trinajstić information content (AvgIpc) is 3.45. The number of anilines is 1. The van der Waals surface area contributed by atoms with E-state index in [1.54, 1.807) is 52.9 Å². The van der Waals surface area contributed by atoms with Crippen molar-refractivity contribution < 1.29 is 45.4 Å². The average molecular weight is 740 g/mol. The number of carbonyl (C=O) groups excluding carboxylic acids is 2. The number of ether oxygens (including phenoxy) is 2. The van der Waals surface area contributed by atoms with E-state index in [2.05, 4.69) is 9.88 Å². The number of carbonyl (C=O) groups is 2. The molecule has 2 amide bonds. The second kappa shape index (κ2) is 14.8. The van der Waals surface area contributed by atoms with Gasteiger partial charge < -0.3 is 23.8 Å². The van der Waals surface area contributed by atoms with Crippen LogP contribution >= 0.6 is 0 Å². The second-order valence-corrected chi connectivity index (χ2v) is 12.8. The van der Waals surface area contributed by atoms with Crippen molar-refractivity contribution in [1.82, 2.24) is 19.4 Å². The molecular weight excluding hydrogens is 704 g/mol. The van der Waals surface area contributed by atoms with Crippen molar-refractivity contribution in [3.8, 4) is 17.4 Å². The number of hydrogen-bond acceptors (Lipinski definition) is 6. The summed E-state index contributed by atoms with van der Waals surface area (Å²) in [4.78, 5) is 36.2. The van der Waals surface area contributed by atoms with E-state index in [-0.39, 0.29) is 28.7 Å². The molecule has 3 aromatic carbocycles. The summed E-state index contributed by atoms with van der Waals surface area (Å²) in [6.07, 6.45) is -7.48. The number of piperazine rings is 1. The Kier molecular flexibility index (Phi) is 10.4. The summed E-state index contributed by atoms with van der Waals surface area (Å²) in [6, 6.07) is 19.9. The molecule has 0 spiro atoms. The molecule has 0 unspecified atom stereocenters. The Bertz CT molecular complexity index is 2110. The molecule has 2 aromatic heterocycles. The maximum absolute atomic E-state index is 13.6. The van der Waals surface area contributed by atoms with Gasteiger partial charge in [0, 0.05) is 69.9 Å². The van der Waals surface area contributed by atoms with Gasteiger partial charge in [0.15, 0.2) is 6.61 Å². The van der Waals surface area contributed by atoms with Gasteiger partial charge >= 0.3 is 12.4 Å². The SMILES string of the molecule is Cc1cc(C(F)(F)F)ccc1C(=O)N(C)c1ccc(Oc2ccc3cc(C(=O)N4CCN(Cc5ccc(OCC(F)(F)F)cc5)CC4)n(C)c3c2)nc1. The largest absolute Gasteiger partial charge is 0.484 e. The molecule has 3 heterocycles. The fraction of sp³-hybridized carbons (Fsp3) is 0.289. The molecule has 1 fully saturated rings. The lowest BCUT2D eigenvalue weighted by Crippen LogP contribution is -2.48. The Morgan fingerprint density at radius 1 is 0.849 bits per heavy atom. The van der Waals surface area contributed by atoms with Gasteiger partial charge in [0.25, 0.3) is 11.8 Å². The van der Waals surface area contributed by atoms with Gasteiger partial charge in [-0.1, -0.05) is 12.1 Å². The van der Waals surface area contributed by atoms with Crippen LogP contribution in [0.5, 0.6) is 17.4 Å². The van der Waals surface area contributed by atoms with Gasteiger partial charge in [0.2, 0.25) is 5.88 Å². The number of hydrogen-bond donors (Lipinski definition) is 0. The number of rotatable bonds is 9. The molecule has 0 saturated carbocycles. The Morgan fingerprint density at radius 3 is 2.17 bits per heavy atom. The van der Waals surface area contributed by atoms with Gasteiger partial charge in [-0.2, -0.15) is 26.3 Å². The molecule has 1 aliphatic heterocycles. The van der Waals surface area contributed by atoms with Crippen LogP contribution in [-0.2, 0) is 19.8 Å². The Labute approximate surface area is 300 Å². The third kappa shape index (κ3) is 8.74. The number of pyridine rings is 1. The highest BCUT2D eigenvalue weighted by Crippen LogP contribution is 2.32. The zero-order chi connectivity index (χ0) is 38.1. The van der Waals surface area contributed by atoms with Crippen LogP contribution in [0.4, 0.5) is 32.0 Å². The van der Waals surface area contributed by atoms with Crippen LogP contribution in [0.2, 0.25) is 0 Å². The third-order valence-electron chi connectivity index (χ3n) is 9.05. The summed E-state index contributed by atoms with van der Waals surface area (Å²) in [6.45, 7) is 2.98. The van der Waals surface area contributed by atoms with Crippen molar-refractivity contribution in [3.05, 3.63) is 113 Å². The summed E-state index contributed by atoms with van der Waals surface area (Å²) in [7, 11) is 3.31. The number of benzene rings is 3. The van der Waals surface area contributed by atoms with Gasteiger partial charge in [0.1, 0.15) is 17.2 Å². The predicted molar refractivity (Wildman–Crippen MR) is 185 cm³/mol. The molecule has 1 aliphatic rings. The van der Waals surface area contributed by atoms with E-state index in [0.717, 1.165) is 28.6 Å². The summed E-state index contributed by atoms with van der Waals surface area (Å²) in [5.41, 5.74) is 2.13. The number of halogens is 6. The molecule has 0 bridgehead atoms. The van der Waals surface area contributed by atoms with Crippen molar-refractivity contribution in [2.45, 2.75) is 25.8 Å². The van der Waals surface area contributed by atoms with Gasteiger partial charge in [-0.3, -0.25) is 14.5 Å². The molecule has 53 heavy (non-hydrogen) atoms. The van der Waals surface area contributed by atoms with Crippen LogP contribution in [0, 0.1) is 6.92 Å². The molecule has 15 heteroatoms. The molecule has 278 valence electrons. The Hall–Kier alpha value is -5.57. The topological polar surface area (TPSA) is 80.1 Å². The fourth-order valence-electron chi connectivity index (χ4n) is 6.09. The highest BCUT2D eigenvalue weighted by atomic mass is 19.4. The summed E-state index contributed by atoms with van der Waals surface area (Å²) < 4.78 is 89.0. The van der Waals surface area contributed by atoms with E-state index < -0.39 is 30.4 Å². The molecule has 6 rings (SSSR count).